The maximum absolute atomic E-state index is 14.0. The fraction of sp³-hybridized carbons (Fsp3) is 0.576. The Morgan fingerprint density at radius 2 is 1.78 bits per heavy atom. The SMILES string of the molecule is COC(OC)C1CCN(c2cc(C(C(=O)N3C[C@H](O)C[C@H]3C(=O)N[C@@H](C)c3ccc(-n4ccnc4C)cc3)C(C)C)on2)CC1. The number of aromatic nitrogens is 3. The summed E-state index contributed by atoms with van der Waals surface area (Å²) in [5.41, 5.74) is 1.91. The first kappa shape index (κ1) is 32.6. The molecule has 2 aliphatic rings. The van der Waals surface area contributed by atoms with Gasteiger partial charge in [-0.25, -0.2) is 4.98 Å². The molecule has 4 heterocycles. The Hall–Kier alpha value is -3.74. The zero-order chi connectivity index (χ0) is 32.2. The van der Waals surface area contributed by atoms with E-state index in [1.165, 1.54) is 4.90 Å². The number of carbonyl (C=O) groups excluding carboxylic acids is 2. The monoisotopic (exact) mass is 622 g/mol. The van der Waals surface area contributed by atoms with Crippen molar-refractivity contribution in [2.45, 2.75) is 77.4 Å². The Kier molecular flexibility index (Phi) is 10.3. The van der Waals surface area contributed by atoms with Gasteiger partial charge < -0.3 is 38.8 Å². The largest absolute Gasteiger partial charge is 0.391 e. The normalized spacial score (nSPS) is 20.6. The number of benzene rings is 1. The number of ether oxygens (including phenoxy) is 2. The number of carbonyl (C=O) groups is 2. The number of amides is 2. The van der Waals surface area contributed by atoms with Crippen LogP contribution in [-0.4, -0.2) is 88.8 Å². The lowest BCUT2D eigenvalue weighted by Crippen LogP contribution is -2.48. The van der Waals surface area contributed by atoms with Crippen molar-refractivity contribution >= 4 is 17.6 Å². The molecule has 4 atom stereocenters. The molecule has 0 spiro atoms. The summed E-state index contributed by atoms with van der Waals surface area (Å²) in [7, 11) is 3.31. The average molecular weight is 623 g/mol. The van der Waals surface area contributed by atoms with Crippen molar-refractivity contribution in [3.63, 3.8) is 0 Å². The van der Waals surface area contributed by atoms with Crippen molar-refractivity contribution in [3.8, 4) is 5.69 Å². The second kappa shape index (κ2) is 14.1. The molecule has 12 nitrogen and oxygen atoms in total. The van der Waals surface area contributed by atoms with E-state index in [-0.39, 0.29) is 43.0 Å². The summed E-state index contributed by atoms with van der Waals surface area (Å²) in [4.78, 5) is 35.5. The molecule has 1 aromatic carbocycles. The minimum atomic E-state index is -0.792. The molecule has 2 fully saturated rings. The first-order valence-electron chi connectivity index (χ1n) is 15.8. The molecule has 1 unspecified atom stereocenters. The zero-order valence-corrected chi connectivity index (χ0v) is 27.1. The van der Waals surface area contributed by atoms with Gasteiger partial charge in [-0.15, -0.1) is 0 Å². The van der Waals surface area contributed by atoms with Crippen LogP contribution in [0.5, 0.6) is 0 Å². The van der Waals surface area contributed by atoms with Crippen LogP contribution in [0, 0.1) is 18.8 Å². The van der Waals surface area contributed by atoms with Gasteiger partial charge in [0.25, 0.3) is 0 Å². The van der Waals surface area contributed by atoms with Gasteiger partial charge in [0.15, 0.2) is 17.9 Å². The molecule has 45 heavy (non-hydrogen) atoms. The van der Waals surface area contributed by atoms with Crippen LogP contribution in [0.2, 0.25) is 0 Å². The fourth-order valence-corrected chi connectivity index (χ4v) is 6.64. The van der Waals surface area contributed by atoms with Gasteiger partial charge in [-0.3, -0.25) is 9.59 Å². The van der Waals surface area contributed by atoms with Crippen molar-refractivity contribution in [2.75, 3.05) is 38.8 Å². The van der Waals surface area contributed by atoms with Crippen LogP contribution < -0.4 is 10.2 Å². The highest BCUT2D eigenvalue weighted by molar-refractivity contribution is 5.91. The van der Waals surface area contributed by atoms with E-state index in [1.54, 1.807) is 20.4 Å². The molecule has 3 aromatic rings. The van der Waals surface area contributed by atoms with Gasteiger partial charge in [-0.2, -0.15) is 0 Å². The first-order valence-corrected chi connectivity index (χ1v) is 15.8. The smallest absolute Gasteiger partial charge is 0.243 e. The molecule has 244 valence electrons. The van der Waals surface area contributed by atoms with Crippen molar-refractivity contribution < 1.29 is 28.7 Å². The topological polar surface area (TPSA) is 135 Å². The quantitative estimate of drug-likeness (QED) is 0.308. The summed E-state index contributed by atoms with van der Waals surface area (Å²) in [5, 5.41) is 18.0. The first-order chi connectivity index (χ1) is 21.6. The van der Waals surface area contributed by atoms with E-state index < -0.39 is 18.1 Å². The number of hydrogen-bond donors (Lipinski definition) is 2. The third-order valence-electron chi connectivity index (χ3n) is 9.19. The molecular weight excluding hydrogens is 576 g/mol. The molecule has 0 saturated carbocycles. The summed E-state index contributed by atoms with van der Waals surface area (Å²) >= 11 is 0. The number of methoxy groups -OCH3 is 2. The molecule has 2 aliphatic heterocycles. The zero-order valence-electron chi connectivity index (χ0n) is 27.1. The van der Waals surface area contributed by atoms with E-state index >= 15 is 0 Å². The molecule has 2 N–H and O–H groups in total. The van der Waals surface area contributed by atoms with E-state index in [0.29, 0.717) is 17.5 Å². The second-order valence-corrected chi connectivity index (χ2v) is 12.5. The van der Waals surface area contributed by atoms with Gasteiger partial charge in [0.2, 0.25) is 11.8 Å². The minimum Gasteiger partial charge on any atom is -0.391 e. The Bertz CT molecular complexity index is 1430. The van der Waals surface area contributed by atoms with Gasteiger partial charge in [-0.1, -0.05) is 31.1 Å². The number of aliphatic hydroxyl groups excluding tert-OH is 1. The van der Waals surface area contributed by atoms with Gasteiger partial charge in [-0.05, 0) is 50.3 Å². The van der Waals surface area contributed by atoms with Crippen LogP contribution in [0.25, 0.3) is 5.69 Å². The fourth-order valence-electron chi connectivity index (χ4n) is 6.64. The number of nitrogens with zero attached hydrogens (tertiary/aromatic N) is 5. The van der Waals surface area contributed by atoms with E-state index in [2.05, 4.69) is 20.4 Å². The molecule has 2 aromatic heterocycles. The number of nitrogens with one attached hydrogen (secondary N) is 1. The predicted molar refractivity (Wildman–Crippen MR) is 168 cm³/mol. The lowest BCUT2D eigenvalue weighted by atomic mass is 9.91. The average Bonchev–Trinajstić information content (AvgIpc) is 3.78. The minimum absolute atomic E-state index is 0.0855. The number of hydrogen-bond acceptors (Lipinski definition) is 9. The van der Waals surface area contributed by atoms with E-state index in [9.17, 15) is 14.7 Å². The standard InChI is InChI=1S/C33H46N6O6/c1-20(2)30(28-18-29(36-45-28)37-14-11-24(12-15-37)33(43-5)44-6)32(42)39-19-26(40)17-27(39)31(41)35-21(3)23-7-9-25(10-8-23)38-16-13-34-22(38)4/h7-10,13,16,18,20-21,24,26-27,30,33,40H,11-12,14-15,17,19H2,1-6H3,(H,35,41)/t21-,26+,27-,30?/m0/s1. The summed E-state index contributed by atoms with van der Waals surface area (Å²) < 4.78 is 18.7. The number of piperidine rings is 1. The summed E-state index contributed by atoms with van der Waals surface area (Å²) in [6, 6.07) is 8.66. The van der Waals surface area contributed by atoms with Gasteiger partial charge in [0.1, 0.15) is 17.8 Å². The third kappa shape index (κ3) is 7.08. The van der Waals surface area contributed by atoms with Crippen LogP contribution in [0.15, 0.2) is 47.2 Å². The Morgan fingerprint density at radius 3 is 2.38 bits per heavy atom. The summed E-state index contributed by atoms with van der Waals surface area (Å²) in [5.74, 6) is 1.02. The molecule has 5 rings (SSSR count). The van der Waals surface area contributed by atoms with Crippen LogP contribution >= 0.6 is 0 Å². The second-order valence-electron chi connectivity index (χ2n) is 12.5. The van der Waals surface area contributed by atoms with Crippen LogP contribution in [0.3, 0.4) is 0 Å². The molecule has 0 radical (unpaired) electrons. The number of aryl methyl sites for hydroxylation is 1. The highest BCUT2D eigenvalue weighted by Crippen LogP contribution is 2.34. The van der Waals surface area contributed by atoms with E-state index in [0.717, 1.165) is 43.0 Å². The van der Waals surface area contributed by atoms with Crippen LogP contribution in [0.1, 0.15) is 69.1 Å². The molecule has 0 aliphatic carbocycles. The van der Waals surface area contributed by atoms with Crippen LogP contribution in [-0.2, 0) is 19.1 Å². The number of rotatable bonds is 11. The number of anilines is 1. The Balaban J connectivity index is 1.25. The van der Waals surface area contributed by atoms with Crippen molar-refractivity contribution in [1.29, 1.82) is 0 Å². The summed E-state index contributed by atoms with van der Waals surface area (Å²) in [6.45, 7) is 9.37. The van der Waals surface area contributed by atoms with Crippen molar-refractivity contribution in [1.82, 2.24) is 24.9 Å². The number of imidazole rings is 1. The van der Waals surface area contributed by atoms with Gasteiger partial charge >= 0.3 is 0 Å². The molecule has 2 saturated heterocycles. The van der Waals surface area contributed by atoms with Crippen molar-refractivity contribution in [2.24, 2.45) is 11.8 Å². The molecule has 12 heteroatoms. The molecule has 0 bridgehead atoms. The molecular formula is C33H46N6O6. The number of aliphatic hydroxyl groups is 1. The number of likely N-dealkylation sites (tertiary alicyclic amines) is 1. The lowest BCUT2D eigenvalue weighted by molar-refractivity contribution is -0.141. The Labute approximate surface area is 264 Å². The summed E-state index contributed by atoms with van der Waals surface area (Å²) in [6.07, 6.45) is 4.58. The van der Waals surface area contributed by atoms with Gasteiger partial charge in [0.05, 0.1) is 12.1 Å². The molecule has 2 amide bonds. The maximum Gasteiger partial charge on any atom is 0.243 e. The van der Waals surface area contributed by atoms with Crippen LogP contribution in [0.4, 0.5) is 5.82 Å². The van der Waals surface area contributed by atoms with Crippen molar-refractivity contribution in [3.05, 3.63) is 59.9 Å². The highest BCUT2D eigenvalue weighted by Gasteiger charge is 2.43. The third-order valence-corrected chi connectivity index (χ3v) is 9.19. The van der Waals surface area contributed by atoms with E-state index in [1.807, 2.05) is 68.8 Å². The lowest BCUT2D eigenvalue weighted by Gasteiger charge is -2.34. The maximum atomic E-state index is 14.0. The highest BCUT2D eigenvalue weighted by atomic mass is 16.7. The Morgan fingerprint density at radius 1 is 1.09 bits per heavy atom. The van der Waals surface area contributed by atoms with E-state index in [4.69, 9.17) is 14.0 Å². The number of β-amino-alcohol motifs (C(OH)–C–C–N with tert-alkyl or cyclic N) is 1. The van der Waals surface area contributed by atoms with Gasteiger partial charge in [0, 0.05) is 70.3 Å². The predicted octanol–water partition coefficient (Wildman–Crippen LogP) is 3.58.